The SMILES string of the molecule is C[C@]12CC(=O)[C@](C)(O1)[C@@H]1C(=O)N(c3cnc(C#N)c(C(F)(F)F)c3)C(=O)[C@@H]12. The van der Waals surface area contributed by atoms with Crippen LogP contribution in [0.2, 0.25) is 0 Å². The van der Waals surface area contributed by atoms with Crippen LogP contribution in [0.3, 0.4) is 0 Å². The number of nitrogens with zero attached hydrogens (tertiary/aromatic N) is 3. The predicted octanol–water partition coefficient (Wildman–Crippen LogP) is 1.60. The zero-order chi connectivity index (χ0) is 19.9. The molecule has 10 heteroatoms. The molecule has 0 aromatic carbocycles. The first-order valence-corrected chi connectivity index (χ1v) is 8.02. The minimum Gasteiger partial charge on any atom is -0.359 e. The normalized spacial score (nSPS) is 35.0. The van der Waals surface area contributed by atoms with E-state index in [1.807, 2.05) is 0 Å². The van der Waals surface area contributed by atoms with Gasteiger partial charge in [0, 0.05) is 6.42 Å². The third kappa shape index (κ3) is 2.06. The second kappa shape index (κ2) is 4.92. The Morgan fingerprint density at radius 3 is 2.48 bits per heavy atom. The molecule has 4 heterocycles. The van der Waals surface area contributed by atoms with Crippen LogP contribution < -0.4 is 4.90 Å². The molecular formula is C17H12F3N3O4. The fourth-order valence-electron chi connectivity index (χ4n) is 4.46. The Kier molecular flexibility index (Phi) is 3.21. The molecular weight excluding hydrogens is 367 g/mol. The van der Waals surface area contributed by atoms with Gasteiger partial charge in [0.25, 0.3) is 0 Å². The molecule has 0 N–H and O–H groups in total. The highest BCUT2D eigenvalue weighted by Gasteiger charge is 2.76. The first kappa shape index (κ1) is 17.6. The lowest BCUT2D eigenvalue weighted by atomic mass is 9.68. The number of nitriles is 1. The number of imide groups is 1. The second-order valence-electron chi connectivity index (χ2n) is 7.29. The van der Waals surface area contributed by atoms with E-state index in [1.165, 1.54) is 13.0 Å². The lowest BCUT2D eigenvalue weighted by Crippen LogP contribution is -2.46. The van der Waals surface area contributed by atoms with E-state index in [0.29, 0.717) is 11.0 Å². The standard InChI is InChI=1S/C17H12F3N3O4/c1-15-4-10(24)16(2,27-15)12-11(15)13(25)23(14(12)26)7-3-8(17(18,19)20)9(5-21)22-6-7/h3,6,11-12H,4H2,1-2H3/t11-,12+,15-,16+/m1/s1. The van der Waals surface area contributed by atoms with Gasteiger partial charge in [-0.3, -0.25) is 14.4 Å². The van der Waals surface area contributed by atoms with Gasteiger partial charge in [-0.1, -0.05) is 0 Å². The molecule has 0 radical (unpaired) electrons. The molecule has 4 rings (SSSR count). The van der Waals surface area contributed by atoms with E-state index >= 15 is 0 Å². The van der Waals surface area contributed by atoms with Gasteiger partial charge in [0.1, 0.15) is 11.7 Å². The van der Waals surface area contributed by atoms with Crippen LogP contribution in [0.25, 0.3) is 0 Å². The number of ether oxygens (including phenoxy) is 1. The van der Waals surface area contributed by atoms with Crippen molar-refractivity contribution in [3.63, 3.8) is 0 Å². The molecule has 0 saturated carbocycles. The number of amides is 2. The van der Waals surface area contributed by atoms with Crippen LogP contribution in [0.1, 0.15) is 31.5 Å². The number of ketones is 1. The maximum atomic E-state index is 13.2. The van der Waals surface area contributed by atoms with Gasteiger partial charge in [-0.05, 0) is 19.9 Å². The van der Waals surface area contributed by atoms with Crippen molar-refractivity contribution in [1.82, 2.24) is 4.98 Å². The van der Waals surface area contributed by atoms with Crippen LogP contribution in [0.4, 0.5) is 18.9 Å². The van der Waals surface area contributed by atoms with Gasteiger partial charge in [-0.2, -0.15) is 18.4 Å². The Morgan fingerprint density at radius 2 is 1.89 bits per heavy atom. The number of aromatic nitrogens is 1. The summed E-state index contributed by atoms with van der Waals surface area (Å²) in [4.78, 5) is 42.1. The predicted molar refractivity (Wildman–Crippen MR) is 80.9 cm³/mol. The molecule has 2 amide bonds. The van der Waals surface area contributed by atoms with Crippen LogP contribution in [0.5, 0.6) is 0 Å². The Bertz CT molecular complexity index is 969. The Balaban J connectivity index is 1.82. The number of Topliss-reactive ketones (excluding diaryl/α,β-unsaturated/α-hetero) is 1. The molecule has 3 fully saturated rings. The topological polar surface area (TPSA) is 100 Å². The van der Waals surface area contributed by atoms with Gasteiger partial charge in [-0.15, -0.1) is 0 Å². The van der Waals surface area contributed by atoms with Crippen molar-refractivity contribution in [2.75, 3.05) is 4.90 Å². The lowest BCUT2D eigenvalue weighted by Gasteiger charge is -2.26. The van der Waals surface area contributed by atoms with Gasteiger partial charge in [0.05, 0.1) is 34.9 Å². The maximum absolute atomic E-state index is 13.2. The van der Waals surface area contributed by atoms with Crippen molar-refractivity contribution >= 4 is 23.3 Å². The number of pyridine rings is 1. The summed E-state index contributed by atoms with van der Waals surface area (Å²) in [5.41, 5.74) is -5.24. The summed E-state index contributed by atoms with van der Waals surface area (Å²) >= 11 is 0. The van der Waals surface area contributed by atoms with Gasteiger partial charge < -0.3 is 4.74 Å². The highest BCUT2D eigenvalue weighted by Crippen LogP contribution is 2.59. The lowest BCUT2D eigenvalue weighted by molar-refractivity contribution is -0.140. The molecule has 2 bridgehead atoms. The zero-order valence-electron chi connectivity index (χ0n) is 14.1. The highest BCUT2D eigenvalue weighted by molar-refractivity contribution is 6.25. The van der Waals surface area contributed by atoms with Crippen molar-refractivity contribution in [3.8, 4) is 6.07 Å². The van der Waals surface area contributed by atoms with Crippen molar-refractivity contribution < 1.29 is 32.3 Å². The zero-order valence-corrected chi connectivity index (χ0v) is 14.1. The van der Waals surface area contributed by atoms with Crippen LogP contribution in [0, 0.1) is 23.2 Å². The largest absolute Gasteiger partial charge is 0.419 e. The third-order valence-electron chi connectivity index (χ3n) is 5.61. The molecule has 27 heavy (non-hydrogen) atoms. The van der Waals surface area contributed by atoms with E-state index in [1.54, 1.807) is 6.92 Å². The van der Waals surface area contributed by atoms with Crippen molar-refractivity contribution in [2.24, 2.45) is 11.8 Å². The van der Waals surface area contributed by atoms with Gasteiger partial charge in [0.15, 0.2) is 11.5 Å². The van der Waals surface area contributed by atoms with E-state index in [4.69, 9.17) is 10.00 Å². The van der Waals surface area contributed by atoms with Crippen LogP contribution in [-0.4, -0.2) is 33.8 Å². The van der Waals surface area contributed by atoms with E-state index in [9.17, 15) is 27.6 Å². The molecule has 140 valence electrons. The Hall–Kier alpha value is -2.80. The molecule has 1 aromatic heterocycles. The number of hydrogen-bond donors (Lipinski definition) is 0. The summed E-state index contributed by atoms with van der Waals surface area (Å²) in [6.07, 6.45) is -4.05. The molecule has 3 saturated heterocycles. The molecule has 0 unspecified atom stereocenters. The molecule has 7 nitrogen and oxygen atoms in total. The fraction of sp³-hybridized carbons (Fsp3) is 0.471. The molecule has 3 aliphatic rings. The Morgan fingerprint density at radius 1 is 1.26 bits per heavy atom. The number of fused-ring (bicyclic) bond motifs is 5. The summed E-state index contributed by atoms with van der Waals surface area (Å²) in [6.45, 7) is 2.98. The maximum Gasteiger partial charge on any atom is 0.419 e. The van der Waals surface area contributed by atoms with Crippen molar-refractivity contribution in [3.05, 3.63) is 23.5 Å². The molecule has 1 aromatic rings. The van der Waals surface area contributed by atoms with E-state index in [2.05, 4.69) is 4.98 Å². The first-order valence-electron chi connectivity index (χ1n) is 8.02. The number of anilines is 1. The number of carbonyl (C=O) groups excluding carboxylic acids is 3. The summed E-state index contributed by atoms with van der Waals surface area (Å²) < 4.78 is 45.3. The minimum atomic E-state index is -4.88. The van der Waals surface area contributed by atoms with Crippen molar-refractivity contribution in [1.29, 1.82) is 5.26 Å². The molecule has 0 spiro atoms. The highest BCUT2D eigenvalue weighted by atomic mass is 19.4. The van der Waals surface area contributed by atoms with Gasteiger partial charge in [-0.25, -0.2) is 9.88 Å². The molecule has 4 atom stereocenters. The molecule has 0 aliphatic carbocycles. The third-order valence-corrected chi connectivity index (χ3v) is 5.61. The van der Waals surface area contributed by atoms with E-state index in [-0.39, 0.29) is 17.9 Å². The second-order valence-corrected chi connectivity index (χ2v) is 7.29. The quantitative estimate of drug-likeness (QED) is 0.687. The minimum absolute atomic E-state index is 0.0447. The van der Waals surface area contributed by atoms with Gasteiger partial charge >= 0.3 is 6.18 Å². The summed E-state index contributed by atoms with van der Waals surface area (Å²) in [5, 5.41) is 8.83. The van der Waals surface area contributed by atoms with E-state index in [0.717, 1.165) is 6.20 Å². The first-order chi connectivity index (χ1) is 12.4. The summed E-state index contributed by atoms with van der Waals surface area (Å²) in [7, 11) is 0. The van der Waals surface area contributed by atoms with Crippen LogP contribution in [0.15, 0.2) is 12.3 Å². The number of carbonyl (C=O) groups is 3. The number of halogens is 3. The van der Waals surface area contributed by atoms with Crippen LogP contribution in [-0.2, 0) is 25.3 Å². The summed E-state index contributed by atoms with van der Waals surface area (Å²) in [6, 6.07) is 1.89. The fourth-order valence-corrected chi connectivity index (χ4v) is 4.46. The van der Waals surface area contributed by atoms with Crippen LogP contribution >= 0.6 is 0 Å². The average molecular weight is 379 g/mol. The number of hydrogen-bond acceptors (Lipinski definition) is 6. The van der Waals surface area contributed by atoms with Crippen molar-refractivity contribution in [2.45, 2.75) is 37.6 Å². The van der Waals surface area contributed by atoms with Gasteiger partial charge in [0.2, 0.25) is 11.8 Å². The smallest absolute Gasteiger partial charge is 0.359 e. The monoisotopic (exact) mass is 379 g/mol. The summed E-state index contributed by atoms with van der Waals surface area (Å²) in [5.74, 6) is -3.91. The van der Waals surface area contributed by atoms with E-state index < -0.39 is 52.3 Å². The Labute approximate surface area is 150 Å². The number of rotatable bonds is 1. The number of alkyl halides is 3. The average Bonchev–Trinajstić information content (AvgIpc) is 3.07. The molecule has 3 aliphatic heterocycles.